The number of hydrogen-bond acceptors (Lipinski definition) is 2. The van der Waals surface area contributed by atoms with E-state index in [1.54, 1.807) is 12.4 Å². The number of imidazole rings is 1. The van der Waals surface area contributed by atoms with Gasteiger partial charge >= 0.3 is 0 Å². The zero-order valence-corrected chi connectivity index (χ0v) is 10.2. The first-order valence-corrected chi connectivity index (χ1v) is 6.32. The van der Waals surface area contributed by atoms with Gasteiger partial charge in [0.2, 0.25) is 0 Å². The number of rotatable bonds is 2. The molecule has 18 heavy (non-hydrogen) atoms. The Morgan fingerprint density at radius 1 is 1.33 bits per heavy atom. The minimum absolute atomic E-state index is 0.430. The number of allylic oxidation sites excluding steroid dienone is 2. The Labute approximate surface area is 106 Å². The Morgan fingerprint density at radius 3 is 3.11 bits per heavy atom. The van der Waals surface area contributed by atoms with Crippen LogP contribution in [0.5, 0.6) is 5.75 Å². The average Bonchev–Trinajstić information content (AvgIpc) is 2.90. The minimum Gasteiger partial charge on any atom is -0.508 e. The van der Waals surface area contributed by atoms with Crippen molar-refractivity contribution in [3.05, 3.63) is 53.6 Å². The number of aromatic hydroxyl groups is 1. The molecule has 0 amide bonds. The molecular weight excluding hydrogens is 224 g/mol. The molecule has 0 spiro atoms. The third-order valence-electron chi connectivity index (χ3n) is 3.49. The van der Waals surface area contributed by atoms with Crippen molar-refractivity contribution in [3.8, 4) is 5.75 Å². The van der Waals surface area contributed by atoms with Gasteiger partial charge in [-0.3, -0.25) is 0 Å². The number of aromatic amines is 1. The number of nitrogens with zero attached hydrogens (tertiary/aromatic N) is 1. The van der Waals surface area contributed by atoms with E-state index in [0.29, 0.717) is 5.75 Å². The van der Waals surface area contributed by atoms with E-state index in [1.807, 2.05) is 12.3 Å². The minimum atomic E-state index is 0.430. The molecule has 1 heterocycles. The highest BCUT2D eigenvalue weighted by atomic mass is 16.3. The van der Waals surface area contributed by atoms with Gasteiger partial charge in [0.25, 0.3) is 0 Å². The third-order valence-corrected chi connectivity index (χ3v) is 3.49. The lowest BCUT2D eigenvalue weighted by atomic mass is 9.86. The molecule has 92 valence electrons. The number of hydrogen-bond donors (Lipinski definition) is 2. The number of aromatic nitrogens is 2. The van der Waals surface area contributed by atoms with Crippen LogP contribution in [-0.4, -0.2) is 15.1 Å². The van der Waals surface area contributed by atoms with Crippen molar-refractivity contribution in [1.82, 2.24) is 9.97 Å². The summed E-state index contributed by atoms with van der Waals surface area (Å²) in [5, 5.41) is 9.88. The standard InChI is InChI=1S/C15H16N2O/c18-15-6-2-4-13-11(3-1-5-14(13)15)7-8-12-9-16-10-17-12/h2,4,6-7,9-10,18H,1,3,5,8H2,(H,16,17). The third kappa shape index (κ3) is 2.04. The van der Waals surface area contributed by atoms with Crippen LogP contribution in [0.1, 0.15) is 29.7 Å². The van der Waals surface area contributed by atoms with Crippen molar-refractivity contribution >= 4 is 5.57 Å². The number of phenolic OH excluding ortho intramolecular Hbond substituents is 1. The fraction of sp³-hybridized carbons (Fsp3) is 0.267. The fourth-order valence-corrected chi connectivity index (χ4v) is 2.57. The van der Waals surface area contributed by atoms with Crippen molar-refractivity contribution in [1.29, 1.82) is 0 Å². The van der Waals surface area contributed by atoms with Gasteiger partial charge in [-0.25, -0.2) is 4.98 Å². The van der Waals surface area contributed by atoms with Gasteiger partial charge in [0.15, 0.2) is 0 Å². The summed E-state index contributed by atoms with van der Waals surface area (Å²) in [6.07, 6.45) is 9.83. The maximum Gasteiger partial charge on any atom is 0.119 e. The molecule has 0 fully saturated rings. The Hall–Kier alpha value is -2.03. The van der Waals surface area contributed by atoms with E-state index in [-0.39, 0.29) is 0 Å². The highest BCUT2D eigenvalue weighted by Crippen LogP contribution is 2.35. The summed E-state index contributed by atoms with van der Waals surface area (Å²) in [5.74, 6) is 0.430. The van der Waals surface area contributed by atoms with Crippen molar-refractivity contribution in [2.24, 2.45) is 0 Å². The maximum absolute atomic E-state index is 9.88. The van der Waals surface area contributed by atoms with Crippen molar-refractivity contribution in [2.45, 2.75) is 25.7 Å². The van der Waals surface area contributed by atoms with Crippen LogP contribution in [0.15, 0.2) is 36.8 Å². The Morgan fingerprint density at radius 2 is 2.28 bits per heavy atom. The number of nitrogens with one attached hydrogen (secondary N) is 1. The van der Waals surface area contributed by atoms with Gasteiger partial charge < -0.3 is 10.1 Å². The molecule has 1 aromatic carbocycles. The first-order chi connectivity index (χ1) is 8.84. The van der Waals surface area contributed by atoms with E-state index in [1.165, 1.54) is 11.1 Å². The lowest BCUT2D eigenvalue weighted by Gasteiger charge is -2.20. The quantitative estimate of drug-likeness (QED) is 0.847. The van der Waals surface area contributed by atoms with Gasteiger partial charge in [0.05, 0.1) is 6.33 Å². The monoisotopic (exact) mass is 240 g/mol. The lowest BCUT2D eigenvalue weighted by molar-refractivity contribution is 0.466. The Bertz CT molecular complexity index is 570. The molecule has 3 rings (SSSR count). The number of H-pyrrole nitrogens is 1. The fourth-order valence-electron chi connectivity index (χ4n) is 2.57. The molecule has 0 atom stereocenters. The maximum atomic E-state index is 9.88. The molecule has 3 heteroatoms. The van der Waals surface area contributed by atoms with Crippen LogP contribution in [0.2, 0.25) is 0 Å². The number of fused-ring (bicyclic) bond motifs is 1. The Balaban J connectivity index is 1.91. The molecule has 2 N–H and O–H groups in total. The Kier molecular flexibility index (Phi) is 2.89. The molecule has 2 aromatic rings. The second-order valence-corrected chi connectivity index (χ2v) is 4.67. The summed E-state index contributed by atoms with van der Waals surface area (Å²) in [4.78, 5) is 7.13. The molecule has 0 radical (unpaired) electrons. The summed E-state index contributed by atoms with van der Waals surface area (Å²) in [6.45, 7) is 0. The van der Waals surface area contributed by atoms with E-state index in [9.17, 15) is 5.11 Å². The topological polar surface area (TPSA) is 48.9 Å². The summed E-state index contributed by atoms with van der Waals surface area (Å²) < 4.78 is 0. The van der Waals surface area contributed by atoms with Gasteiger partial charge in [0.1, 0.15) is 5.75 Å². The largest absolute Gasteiger partial charge is 0.508 e. The van der Waals surface area contributed by atoms with Gasteiger partial charge in [-0.05, 0) is 36.5 Å². The smallest absolute Gasteiger partial charge is 0.119 e. The highest BCUT2D eigenvalue weighted by molar-refractivity contribution is 5.72. The summed E-state index contributed by atoms with van der Waals surface area (Å²) in [7, 11) is 0. The molecule has 0 saturated heterocycles. The van der Waals surface area contributed by atoms with Crippen molar-refractivity contribution in [3.63, 3.8) is 0 Å². The van der Waals surface area contributed by atoms with Crippen LogP contribution in [-0.2, 0) is 12.8 Å². The average molecular weight is 240 g/mol. The normalized spacial score (nSPS) is 16.8. The zero-order valence-electron chi connectivity index (χ0n) is 10.2. The first-order valence-electron chi connectivity index (χ1n) is 6.32. The predicted molar refractivity (Wildman–Crippen MR) is 71.3 cm³/mol. The molecule has 3 nitrogen and oxygen atoms in total. The second-order valence-electron chi connectivity index (χ2n) is 4.67. The first kappa shape index (κ1) is 11.1. The molecule has 0 unspecified atom stereocenters. The molecule has 1 aliphatic carbocycles. The summed E-state index contributed by atoms with van der Waals surface area (Å²) >= 11 is 0. The molecule has 0 aliphatic heterocycles. The van der Waals surface area contributed by atoms with Crippen LogP contribution >= 0.6 is 0 Å². The molecular formula is C15H16N2O. The van der Waals surface area contributed by atoms with Crippen LogP contribution < -0.4 is 0 Å². The zero-order chi connectivity index (χ0) is 12.4. The van der Waals surface area contributed by atoms with Crippen LogP contribution in [0.4, 0.5) is 0 Å². The number of benzene rings is 1. The lowest BCUT2D eigenvalue weighted by Crippen LogP contribution is -2.02. The molecule has 1 aliphatic rings. The van der Waals surface area contributed by atoms with Gasteiger partial charge in [-0.1, -0.05) is 18.2 Å². The van der Waals surface area contributed by atoms with Gasteiger partial charge in [0, 0.05) is 23.9 Å². The number of phenols is 1. The summed E-state index contributed by atoms with van der Waals surface area (Å²) in [5.41, 5.74) is 4.76. The predicted octanol–water partition coefficient (Wildman–Crippen LogP) is 3.08. The van der Waals surface area contributed by atoms with Crippen molar-refractivity contribution < 1.29 is 5.11 Å². The van der Waals surface area contributed by atoms with Crippen molar-refractivity contribution in [2.75, 3.05) is 0 Å². The molecule has 0 saturated carbocycles. The highest BCUT2D eigenvalue weighted by Gasteiger charge is 2.16. The SMILES string of the molecule is Oc1cccc2c1CCCC2=CCc1cnc[nH]1. The van der Waals surface area contributed by atoms with E-state index in [0.717, 1.165) is 36.9 Å². The van der Waals surface area contributed by atoms with Crippen LogP contribution in [0.25, 0.3) is 5.57 Å². The summed E-state index contributed by atoms with van der Waals surface area (Å²) in [6, 6.07) is 5.80. The van der Waals surface area contributed by atoms with Gasteiger partial charge in [-0.2, -0.15) is 0 Å². The van der Waals surface area contributed by atoms with E-state index in [2.05, 4.69) is 22.1 Å². The molecule has 0 bridgehead atoms. The van der Waals surface area contributed by atoms with Crippen LogP contribution in [0, 0.1) is 0 Å². The van der Waals surface area contributed by atoms with E-state index >= 15 is 0 Å². The second kappa shape index (κ2) is 4.69. The van der Waals surface area contributed by atoms with Gasteiger partial charge in [-0.15, -0.1) is 0 Å². The van der Waals surface area contributed by atoms with Crippen LogP contribution in [0.3, 0.4) is 0 Å². The van der Waals surface area contributed by atoms with E-state index in [4.69, 9.17) is 0 Å². The van der Waals surface area contributed by atoms with E-state index < -0.39 is 0 Å². The molecule has 1 aromatic heterocycles.